The molecule has 0 saturated carbocycles. The van der Waals surface area contributed by atoms with Crippen molar-refractivity contribution in [1.29, 1.82) is 0 Å². The second-order valence-electron chi connectivity index (χ2n) is 3.65. The summed E-state index contributed by atoms with van der Waals surface area (Å²) in [6.45, 7) is 0. The molecule has 1 atom stereocenters. The highest BCUT2D eigenvalue weighted by Crippen LogP contribution is 2.29. The molecule has 0 aromatic heterocycles. The van der Waals surface area contributed by atoms with Crippen molar-refractivity contribution in [1.82, 2.24) is 5.43 Å². The Kier molecular flexibility index (Phi) is 3.89. The molecule has 1 unspecified atom stereocenters. The molecule has 0 bridgehead atoms. The summed E-state index contributed by atoms with van der Waals surface area (Å²) in [5, 5.41) is 0. The molecule has 2 aromatic carbocycles. The molecule has 0 fully saturated rings. The molecule has 3 N–H and O–H groups in total. The molecule has 0 aliphatic heterocycles. The zero-order chi connectivity index (χ0) is 12.3. The van der Waals surface area contributed by atoms with E-state index in [2.05, 4.69) is 21.4 Å². The quantitative estimate of drug-likeness (QED) is 0.674. The Bertz CT molecular complexity index is 502. The van der Waals surface area contributed by atoms with E-state index in [0.717, 1.165) is 11.1 Å². The maximum absolute atomic E-state index is 13.5. The minimum atomic E-state index is -0.293. The van der Waals surface area contributed by atoms with Gasteiger partial charge in [0.1, 0.15) is 5.82 Å². The fourth-order valence-corrected chi connectivity index (χ4v) is 2.25. The number of benzene rings is 2. The smallest absolute Gasteiger partial charge is 0.137 e. The van der Waals surface area contributed by atoms with Crippen LogP contribution in [-0.2, 0) is 0 Å². The van der Waals surface area contributed by atoms with E-state index in [9.17, 15) is 4.39 Å². The molecule has 88 valence electrons. The highest BCUT2D eigenvalue weighted by molar-refractivity contribution is 9.10. The van der Waals surface area contributed by atoms with E-state index in [1.54, 1.807) is 6.07 Å². The third-order valence-electron chi connectivity index (χ3n) is 2.59. The topological polar surface area (TPSA) is 38.0 Å². The Hall–Kier alpha value is -1.23. The highest BCUT2D eigenvalue weighted by atomic mass is 79.9. The van der Waals surface area contributed by atoms with Crippen LogP contribution in [0.1, 0.15) is 17.2 Å². The van der Waals surface area contributed by atoms with E-state index in [-0.39, 0.29) is 11.9 Å². The Labute approximate surface area is 108 Å². The standard InChI is InChI=1S/C13H12BrFN2/c14-12-10(7-4-8-11(12)15)13(17-16)9-5-2-1-3-6-9/h1-8,13,17H,16H2. The van der Waals surface area contributed by atoms with Gasteiger partial charge in [0.25, 0.3) is 0 Å². The number of nitrogens with two attached hydrogens (primary N) is 1. The van der Waals surface area contributed by atoms with Crippen LogP contribution >= 0.6 is 15.9 Å². The SMILES string of the molecule is NNC(c1ccccc1)c1cccc(F)c1Br. The molecule has 0 aliphatic rings. The van der Waals surface area contributed by atoms with Crippen molar-refractivity contribution in [3.63, 3.8) is 0 Å². The van der Waals surface area contributed by atoms with E-state index in [1.807, 2.05) is 36.4 Å². The largest absolute Gasteiger partial charge is 0.271 e. The molecule has 0 saturated heterocycles. The summed E-state index contributed by atoms with van der Waals surface area (Å²) in [5.74, 6) is 5.27. The first kappa shape index (κ1) is 12.2. The maximum Gasteiger partial charge on any atom is 0.137 e. The molecule has 0 heterocycles. The lowest BCUT2D eigenvalue weighted by atomic mass is 9.99. The molecule has 0 aliphatic carbocycles. The second kappa shape index (κ2) is 5.40. The molecule has 0 amide bonds. The summed E-state index contributed by atoms with van der Waals surface area (Å²) < 4.78 is 13.9. The normalized spacial score (nSPS) is 12.4. The van der Waals surface area contributed by atoms with Crippen LogP contribution in [0.5, 0.6) is 0 Å². The van der Waals surface area contributed by atoms with Crippen LogP contribution in [0.2, 0.25) is 0 Å². The second-order valence-corrected chi connectivity index (χ2v) is 4.45. The Balaban J connectivity index is 2.46. The Morgan fingerprint density at radius 2 is 1.76 bits per heavy atom. The zero-order valence-electron chi connectivity index (χ0n) is 9.03. The first-order valence-electron chi connectivity index (χ1n) is 5.19. The van der Waals surface area contributed by atoms with E-state index in [0.29, 0.717) is 4.47 Å². The predicted octanol–water partition coefficient (Wildman–Crippen LogP) is 3.14. The number of hydrogen-bond donors (Lipinski definition) is 2. The van der Waals surface area contributed by atoms with Gasteiger partial charge < -0.3 is 0 Å². The first-order valence-corrected chi connectivity index (χ1v) is 5.98. The van der Waals surface area contributed by atoms with Crippen molar-refractivity contribution < 1.29 is 4.39 Å². The van der Waals surface area contributed by atoms with Gasteiger partial charge in [-0.1, -0.05) is 42.5 Å². The van der Waals surface area contributed by atoms with Gasteiger partial charge in [0.05, 0.1) is 10.5 Å². The first-order chi connectivity index (χ1) is 8.24. The van der Waals surface area contributed by atoms with Gasteiger partial charge in [0, 0.05) is 0 Å². The Morgan fingerprint density at radius 3 is 2.41 bits per heavy atom. The zero-order valence-corrected chi connectivity index (χ0v) is 10.6. The molecule has 4 heteroatoms. The lowest BCUT2D eigenvalue weighted by Gasteiger charge is -2.18. The molecule has 2 nitrogen and oxygen atoms in total. The van der Waals surface area contributed by atoms with Crippen LogP contribution in [0.25, 0.3) is 0 Å². The fourth-order valence-electron chi connectivity index (χ4n) is 1.75. The monoisotopic (exact) mass is 294 g/mol. The summed E-state index contributed by atoms with van der Waals surface area (Å²) >= 11 is 3.25. The Morgan fingerprint density at radius 1 is 1.06 bits per heavy atom. The minimum absolute atomic E-state index is 0.235. The molecule has 17 heavy (non-hydrogen) atoms. The number of halogens is 2. The maximum atomic E-state index is 13.5. The van der Waals surface area contributed by atoms with Crippen molar-refractivity contribution in [3.05, 3.63) is 69.9 Å². The van der Waals surface area contributed by atoms with Gasteiger partial charge in [-0.05, 0) is 33.1 Å². The van der Waals surface area contributed by atoms with Crippen LogP contribution in [0.4, 0.5) is 4.39 Å². The minimum Gasteiger partial charge on any atom is -0.271 e. The number of rotatable bonds is 3. The van der Waals surface area contributed by atoms with Gasteiger partial charge in [-0.2, -0.15) is 0 Å². The van der Waals surface area contributed by atoms with Gasteiger partial charge in [-0.15, -0.1) is 0 Å². The molecular weight excluding hydrogens is 283 g/mol. The summed E-state index contributed by atoms with van der Waals surface area (Å²) in [5.41, 5.74) is 4.47. The summed E-state index contributed by atoms with van der Waals surface area (Å²) in [7, 11) is 0. The van der Waals surface area contributed by atoms with Crippen molar-refractivity contribution >= 4 is 15.9 Å². The van der Waals surface area contributed by atoms with Gasteiger partial charge in [-0.3, -0.25) is 5.84 Å². The predicted molar refractivity (Wildman–Crippen MR) is 69.7 cm³/mol. The van der Waals surface area contributed by atoms with Crippen molar-refractivity contribution in [3.8, 4) is 0 Å². The van der Waals surface area contributed by atoms with E-state index >= 15 is 0 Å². The van der Waals surface area contributed by atoms with Gasteiger partial charge in [-0.25, -0.2) is 9.82 Å². The molecule has 0 spiro atoms. The van der Waals surface area contributed by atoms with Crippen LogP contribution in [0.3, 0.4) is 0 Å². The summed E-state index contributed by atoms with van der Waals surface area (Å²) in [6.07, 6.45) is 0. The van der Waals surface area contributed by atoms with E-state index in [4.69, 9.17) is 5.84 Å². The third kappa shape index (κ3) is 2.54. The summed E-state index contributed by atoms with van der Waals surface area (Å²) in [6, 6.07) is 14.3. The van der Waals surface area contributed by atoms with Crippen molar-refractivity contribution in [2.75, 3.05) is 0 Å². The van der Waals surface area contributed by atoms with Gasteiger partial charge >= 0.3 is 0 Å². The van der Waals surface area contributed by atoms with E-state index in [1.165, 1.54) is 6.07 Å². The van der Waals surface area contributed by atoms with Crippen molar-refractivity contribution in [2.24, 2.45) is 5.84 Å². The summed E-state index contributed by atoms with van der Waals surface area (Å²) in [4.78, 5) is 0. The number of nitrogens with one attached hydrogen (secondary N) is 1. The van der Waals surface area contributed by atoms with Crippen LogP contribution < -0.4 is 11.3 Å². The van der Waals surface area contributed by atoms with Gasteiger partial charge in [0.15, 0.2) is 0 Å². The molecular formula is C13H12BrFN2. The fraction of sp³-hybridized carbons (Fsp3) is 0.0769. The van der Waals surface area contributed by atoms with Gasteiger partial charge in [0.2, 0.25) is 0 Å². The molecule has 2 rings (SSSR count). The van der Waals surface area contributed by atoms with Crippen LogP contribution in [0.15, 0.2) is 53.0 Å². The van der Waals surface area contributed by atoms with Crippen LogP contribution in [0, 0.1) is 5.82 Å². The number of hydrogen-bond acceptors (Lipinski definition) is 2. The highest BCUT2D eigenvalue weighted by Gasteiger charge is 2.16. The lowest BCUT2D eigenvalue weighted by Crippen LogP contribution is -2.29. The molecule has 2 aromatic rings. The average molecular weight is 295 g/mol. The average Bonchev–Trinajstić information content (AvgIpc) is 2.37. The number of hydrazine groups is 1. The van der Waals surface area contributed by atoms with Crippen molar-refractivity contribution in [2.45, 2.75) is 6.04 Å². The third-order valence-corrected chi connectivity index (χ3v) is 3.43. The van der Waals surface area contributed by atoms with Crippen LogP contribution in [-0.4, -0.2) is 0 Å². The molecule has 0 radical (unpaired) electrons. The lowest BCUT2D eigenvalue weighted by molar-refractivity contribution is 0.597. The van der Waals surface area contributed by atoms with E-state index < -0.39 is 0 Å².